The number of anilines is 1. The molecule has 2 rings (SSSR count). The fraction of sp³-hybridized carbons (Fsp3) is 0.167. The highest BCUT2D eigenvalue weighted by Gasteiger charge is 2.13. The van der Waals surface area contributed by atoms with E-state index in [4.69, 9.17) is 0 Å². The van der Waals surface area contributed by atoms with Gasteiger partial charge in [-0.3, -0.25) is 9.59 Å². The van der Waals surface area contributed by atoms with Crippen LogP contribution >= 0.6 is 0 Å². The van der Waals surface area contributed by atoms with E-state index in [1.54, 1.807) is 19.1 Å². The van der Waals surface area contributed by atoms with Crippen molar-refractivity contribution in [1.29, 1.82) is 0 Å². The Morgan fingerprint density at radius 1 is 0.913 bits per heavy atom. The predicted molar refractivity (Wildman–Crippen MR) is 91.3 cm³/mol. The van der Waals surface area contributed by atoms with E-state index in [0.717, 1.165) is 16.7 Å². The monoisotopic (exact) mass is 309 g/mol. The molecular weight excluding hydrogens is 290 g/mol. The molecule has 2 N–H and O–H groups in total. The summed E-state index contributed by atoms with van der Waals surface area (Å²) in [7, 11) is 0. The van der Waals surface area contributed by atoms with E-state index >= 15 is 0 Å². The summed E-state index contributed by atoms with van der Waals surface area (Å²) < 4.78 is 0. The van der Waals surface area contributed by atoms with Gasteiger partial charge in [-0.15, -0.1) is 0 Å². The second kappa shape index (κ2) is 7.35. The summed E-state index contributed by atoms with van der Waals surface area (Å²) in [6.07, 6.45) is 0. The molecule has 23 heavy (non-hydrogen) atoms. The maximum Gasteiger partial charge on any atom is 0.329 e. The lowest BCUT2D eigenvalue weighted by Gasteiger charge is -2.06. The first kappa shape index (κ1) is 16.4. The molecule has 0 spiro atoms. The standard InChI is InChI=1S/C18H19N3O2/c1-12-8-10-15(11-9-12)19-17(22)18(23)21-20-14(3)16-7-5-4-6-13(16)2/h4-11H,1-3H3,(H,19,22)(H,21,23)/b20-14-. The zero-order chi connectivity index (χ0) is 16.8. The van der Waals surface area contributed by atoms with Crippen molar-refractivity contribution in [3.8, 4) is 0 Å². The summed E-state index contributed by atoms with van der Waals surface area (Å²) in [5, 5.41) is 6.51. The van der Waals surface area contributed by atoms with Crippen LogP contribution in [0.3, 0.4) is 0 Å². The summed E-state index contributed by atoms with van der Waals surface area (Å²) in [6, 6.07) is 14.9. The molecule has 0 fully saturated rings. The van der Waals surface area contributed by atoms with Gasteiger partial charge in [0.25, 0.3) is 0 Å². The third-order valence-electron chi connectivity index (χ3n) is 3.38. The minimum absolute atomic E-state index is 0.565. The molecule has 0 bridgehead atoms. The van der Waals surface area contributed by atoms with E-state index in [9.17, 15) is 9.59 Å². The molecule has 0 aromatic heterocycles. The Morgan fingerprint density at radius 2 is 1.57 bits per heavy atom. The molecule has 2 aromatic carbocycles. The highest BCUT2D eigenvalue weighted by Crippen LogP contribution is 2.09. The van der Waals surface area contributed by atoms with Crippen molar-refractivity contribution in [3.63, 3.8) is 0 Å². The van der Waals surface area contributed by atoms with Crippen LogP contribution in [0.2, 0.25) is 0 Å². The first-order valence-corrected chi connectivity index (χ1v) is 7.25. The summed E-state index contributed by atoms with van der Waals surface area (Å²) in [5.41, 5.74) is 6.53. The van der Waals surface area contributed by atoms with Gasteiger partial charge in [0.15, 0.2) is 0 Å². The van der Waals surface area contributed by atoms with E-state index in [1.165, 1.54) is 0 Å². The molecule has 5 heteroatoms. The van der Waals surface area contributed by atoms with Gasteiger partial charge in [-0.05, 0) is 38.5 Å². The number of rotatable bonds is 3. The van der Waals surface area contributed by atoms with Crippen molar-refractivity contribution in [3.05, 3.63) is 65.2 Å². The van der Waals surface area contributed by atoms with E-state index in [-0.39, 0.29) is 0 Å². The number of hydrazone groups is 1. The smallest absolute Gasteiger partial charge is 0.318 e. The Bertz CT molecular complexity index is 749. The van der Waals surface area contributed by atoms with Gasteiger partial charge in [-0.25, -0.2) is 5.43 Å². The van der Waals surface area contributed by atoms with Crippen LogP contribution < -0.4 is 10.7 Å². The molecule has 0 unspecified atom stereocenters. The van der Waals surface area contributed by atoms with Crippen molar-refractivity contribution in [1.82, 2.24) is 5.43 Å². The van der Waals surface area contributed by atoms with Gasteiger partial charge in [-0.2, -0.15) is 5.10 Å². The number of carbonyl (C=O) groups excluding carboxylic acids is 2. The van der Waals surface area contributed by atoms with Crippen LogP contribution in [0.25, 0.3) is 0 Å². The molecule has 0 aliphatic carbocycles. The molecule has 2 aromatic rings. The highest BCUT2D eigenvalue weighted by molar-refractivity contribution is 6.39. The maximum absolute atomic E-state index is 11.8. The number of hydrogen-bond acceptors (Lipinski definition) is 3. The van der Waals surface area contributed by atoms with Crippen LogP contribution in [0.15, 0.2) is 53.6 Å². The minimum Gasteiger partial charge on any atom is -0.318 e. The lowest BCUT2D eigenvalue weighted by molar-refractivity contribution is -0.136. The van der Waals surface area contributed by atoms with Crippen LogP contribution in [0.5, 0.6) is 0 Å². The van der Waals surface area contributed by atoms with E-state index in [0.29, 0.717) is 11.4 Å². The summed E-state index contributed by atoms with van der Waals surface area (Å²) in [4.78, 5) is 23.6. The molecule has 5 nitrogen and oxygen atoms in total. The quantitative estimate of drug-likeness (QED) is 0.520. The van der Waals surface area contributed by atoms with Gasteiger partial charge < -0.3 is 5.32 Å². The van der Waals surface area contributed by atoms with Gasteiger partial charge in [0.1, 0.15) is 0 Å². The van der Waals surface area contributed by atoms with Crippen molar-refractivity contribution in [2.45, 2.75) is 20.8 Å². The van der Waals surface area contributed by atoms with Crippen molar-refractivity contribution in [2.75, 3.05) is 5.32 Å². The normalized spacial score (nSPS) is 11.0. The predicted octanol–water partition coefficient (Wildman–Crippen LogP) is 2.78. The lowest BCUT2D eigenvalue weighted by Crippen LogP contribution is -2.33. The number of nitrogens with zero attached hydrogens (tertiary/aromatic N) is 1. The van der Waals surface area contributed by atoms with Gasteiger partial charge in [-0.1, -0.05) is 42.0 Å². The van der Waals surface area contributed by atoms with Crippen LogP contribution in [0.4, 0.5) is 5.69 Å². The number of carbonyl (C=O) groups is 2. The van der Waals surface area contributed by atoms with Crippen molar-refractivity contribution < 1.29 is 9.59 Å². The zero-order valence-corrected chi connectivity index (χ0v) is 13.4. The Kier molecular flexibility index (Phi) is 5.25. The number of nitrogens with one attached hydrogen (secondary N) is 2. The minimum atomic E-state index is -0.807. The van der Waals surface area contributed by atoms with E-state index < -0.39 is 11.8 Å². The van der Waals surface area contributed by atoms with E-state index in [1.807, 2.05) is 50.2 Å². The molecule has 0 atom stereocenters. The van der Waals surface area contributed by atoms with Gasteiger partial charge >= 0.3 is 11.8 Å². The van der Waals surface area contributed by atoms with Crippen LogP contribution in [-0.2, 0) is 9.59 Å². The number of benzene rings is 2. The number of amides is 2. The summed E-state index contributed by atoms with van der Waals surface area (Å²) in [5.74, 6) is -1.56. The van der Waals surface area contributed by atoms with Gasteiger partial charge in [0.05, 0.1) is 5.71 Å². The molecule has 2 amide bonds. The maximum atomic E-state index is 11.8. The molecule has 0 radical (unpaired) electrons. The molecule has 118 valence electrons. The molecule has 0 saturated carbocycles. The largest absolute Gasteiger partial charge is 0.329 e. The van der Waals surface area contributed by atoms with Gasteiger partial charge in [0.2, 0.25) is 0 Å². The fourth-order valence-corrected chi connectivity index (χ4v) is 2.05. The van der Waals surface area contributed by atoms with Gasteiger partial charge in [0, 0.05) is 11.3 Å². The molecular formula is C18H19N3O2. The Morgan fingerprint density at radius 3 is 2.22 bits per heavy atom. The zero-order valence-electron chi connectivity index (χ0n) is 13.4. The molecule has 0 saturated heterocycles. The highest BCUT2D eigenvalue weighted by atomic mass is 16.2. The fourth-order valence-electron chi connectivity index (χ4n) is 2.05. The summed E-state index contributed by atoms with van der Waals surface area (Å²) >= 11 is 0. The lowest BCUT2D eigenvalue weighted by atomic mass is 10.1. The van der Waals surface area contributed by atoms with Crippen LogP contribution in [0, 0.1) is 13.8 Å². The van der Waals surface area contributed by atoms with Crippen LogP contribution in [-0.4, -0.2) is 17.5 Å². The molecule has 0 heterocycles. The van der Waals surface area contributed by atoms with Crippen molar-refractivity contribution >= 4 is 23.2 Å². The first-order chi connectivity index (χ1) is 11.0. The Labute approximate surface area is 135 Å². The molecule has 0 aliphatic rings. The second-order valence-corrected chi connectivity index (χ2v) is 5.27. The Hall–Kier alpha value is -2.95. The Balaban J connectivity index is 1.98. The van der Waals surface area contributed by atoms with E-state index in [2.05, 4.69) is 15.8 Å². The third-order valence-corrected chi connectivity index (χ3v) is 3.38. The molecule has 0 aliphatic heterocycles. The topological polar surface area (TPSA) is 70.6 Å². The third kappa shape index (κ3) is 4.51. The number of aryl methyl sites for hydroxylation is 2. The summed E-state index contributed by atoms with van der Waals surface area (Å²) in [6.45, 7) is 5.68. The second-order valence-electron chi connectivity index (χ2n) is 5.27. The average Bonchev–Trinajstić information content (AvgIpc) is 2.54. The average molecular weight is 309 g/mol. The SMILES string of the molecule is C/C(=N/NC(=O)C(=O)Nc1ccc(C)cc1)c1ccccc1C. The van der Waals surface area contributed by atoms with Crippen molar-refractivity contribution in [2.24, 2.45) is 5.10 Å². The first-order valence-electron chi connectivity index (χ1n) is 7.25. The van der Waals surface area contributed by atoms with Crippen LogP contribution in [0.1, 0.15) is 23.6 Å². The number of hydrogen-bond donors (Lipinski definition) is 2.